The molecule has 0 bridgehead atoms. The summed E-state index contributed by atoms with van der Waals surface area (Å²) >= 11 is 0. The summed E-state index contributed by atoms with van der Waals surface area (Å²) in [7, 11) is 0. The molecule has 0 atom stereocenters. The second-order valence-electron chi connectivity index (χ2n) is 7.24. The molecular weight excluding hydrogens is 376 g/mol. The molecular formula is C26H30O4. The standard InChI is InChI=1S/C26H30O4/c1-21-3-11-25(12-4-21)29-17-15-27-19-23-7-9-24(10-8-23)20-28-16-18-30-26-13-5-22(2)6-14-26/h3-14H,15-20H2,1-2H3. The van der Waals surface area contributed by atoms with E-state index in [-0.39, 0.29) is 0 Å². The zero-order chi connectivity index (χ0) is 21.0. The van der Waals surface area contributed by atoms with Crippen molar-refractivity contribution >= 4 is 0 Å². The lowest BCUT2D eigenvalue weighted by atomic mass is 10.1. The Kier molecular flexibility index (Phi) is 8.76. The maximum absolute atomic E-state index is 5.69. The van der Waals surface area contributed by atoms with Crippen LogP contribution in [0.1, 0.15) is 22.3 Å². The van der Waals surface area contributed by atoms with Crippen LogP contribution in [0.4, 0.5) is 0 Å². The van der Waals surface area contributed by atoms with Crippen LogP contribution in [-0.2, 0) is 22.7 Å². The van der Waals surface area contributed by atoms with Crippen molar-refractivity contribution in [3.63, 3.8) is 0 Å². The van der Waals surface area contributed by atoms with Crippen LogP contribution in [0.2, 0.25) is 0 Å². The highest BCUT2D eigenvalue weighted by atomic mass is 16.5. The van der Waals surface area contributed by atoms with E-state index in [0.29, 0.717) is 39.6 Å². The number of hydrogen-bond donors (Lipinski definition) is 0. The van der Waals surface area contributed by atoms with E-state index in [9.17, 15) is 0 Å². The first-order valence-corrected chi connectivity index (χ1v) is 10.3. The van der Waals surface area contributed by atoms with E-state index < -0.39 is 0 Å². The topological polar surface area (TPSA) is 36.9 Å². The van der Waals surface area contributed by atoms with E-state index >= 15 is 0 Å². The first kappa shape index (κ1) is 21.9. The Morgan fingerprint density at radius 2 is 0.833 bits per heavy atom. The van der Waals surface area contributed by atoms with Gasteiger partial charge in [-0.1, -0.05) is 59.7 Å². The smallest absolute Gasteiger partial charge is 0.119 e. The van der Waals surface area contributed by atoms with Gasteiger partial charge in [0.15, 0.2) is 0 Å². The molecule has 0 heterocycles. The van der Waals surface area contributed by atoms with Crippen molar-refractivity contribution in [2.24, 2.45) is 0 Å². The third-order valence-electron chi connectivity index (χ3n) is 4.60. The van der Waals surface area contributed by atoms with Crippen LogP contribution >= 0.6 is 0 Å². The first-order chi connectivity index (χ1) is 14.7. The average molecular weight is 407 g/mol. The summed E-state index contributed by atoms with van der Waals surface area (Å²) in [6.07, 6.45) is 0. The molecule has 0 saturated heterocycles. The minimum absolute atomic E-state index is 0.541. The van der Waals surface area contributed by atoms with Crippen molar-refractivity contribution in [3.05, 3.63) is 95.1 Å². The van der Waals surface area contributed by atoms with Gasteiger partial charge in [-0.25, -0.2) is 0 Å². The van der Waals surface area contributed by atoms with E-state index in [0.717, 1.165) is 22.6 Å². The predicted octanol–water partition coefficient (Wildman–Crippen LogP) is 5.49. The predicted molar refractivity (Wildman–Crippen MR) is 119 cm³/mol. The Morgan fingerprint density at radius 3 is 1.20 bits per heavy atom. The minimum atomic E-state index is 0.541. The Hall–Kier alpha value is -2.82. The molecule has 0 aliphatic rings. The minimum Gasteiger partial charge on any atom is -0.491 e. The van der Waals surface area contributed by atoms with E-state index in [4.69, 9.17) is 18.9 Å². The van der Waals surface area contributed by atoms with Gasteiger partial charge in [0.2, 0.25) is 0 Å². The lowest BCUT2D eigenvalue weighted by Crippen LogP contribution is -2.07. The molecule has 30 heavy (non-hydrogen) atoms. The van der Waals surface area contributed by atoms with Gasteiger partial charge in [0, 0.05) is 0 Å². The third-order valence-corrected chi connectivity index (χ3v) is 4.60. The fourth-order valence-corrected chi connectivity index (χ4v) is 2.82. The van der Waals surface area contributed by atoms with Crippen LogP contribution in [0.5, 0.6) is 11.5 Å². The van der Waals surface area contributed by atoms with Gasteiger partial charge in [0.1, 0.15) is 24.7 Å². The highest BCUT2D eigenvalue weighted by molar-refractivity contribution is 5.27. The van der Waals surface area contributed by atoms with Crippen LogP contribution in [0.15, 0.2) is 72.8 Å². The van der Waals surface area contributed by atoms with Crippen LogP contribution in [0.25, 0.3) is 0 Å². The van der Waals surface area contributed by atoms with Crippen molar-refractivity contribution in [2.45, 2.75) is 27.1 Å². The zero-order valence-corrected chi connectivity index (χ0v) is 17.8. The van der Waals surface area contributed by atoms with Gasteiger partial charge in [-0.3, -0.25) is 0 Å². The third kappa shape index (κ3) is 7.90. The number of ether oxygens (including phenoxy) is 4. The lowest BCUT2D eigenvalue weighted by molar-refractivity contribution is 0.0874. The summed E-state index contributed by atoms with van der Waals surface area (Å²) in [5, 5.41) is 0. The maximum Gasteiger partial charge on any atom is 0.119 e. The molecule has 0 aliphatic heterocycles. The quantitative estimate of drug-likeness (QED) is 0.373. The molecule has 0 N–H and O–H groups in total. The molecule has 3 rings (SSSR count). The van der Waals surface area contributed by atoms with Crippen molar-refractivity contribution < 1.29 is 18.9 Å². The van der Waals surface area contributed by atoms with Gasteiger partial charge in [0.05, 0.1) is 26.4 Å². The van der Waals surface area contributed by atoms with Crippen LogP contribution in [0.3, 0.4) is 0 Å². The Balaban J connectivity index is 1.25. The lowest BCUT2D eigenvalue weighted by Gasteiger charge is -2.09. The molecule has 3 aromatic rings. The Bertz CT molecular complexity index is 781. The molecule has 0 unspecified atom stereocenters. The Morgan fingerprint density at radius 1 is 0.467 bits per heavy atom. The molecule has 158 valence electrons. The van der Waals surface area contributed by atoms with Gasteiger partial charge in [-0.05, 0) is 49.2 Å². The molecule has 0 aliphatic carbocycles. The molecule has 0 saturated carbocycles. The van der Waals surface area contributed by atoms with E-state index in [1.54, 1.807) is 0 Å². The SMILES string of the molecule is Cc1ccc(OCCOCc2ccc(COCCOc3ccc(C)cc3)cc2)cc1. The van der Waals surface area contributed by atoms with Gasteiger partial charge in [-0.2, -0.15) is 0 Å². The number of hydrogen-bond acceptors (Lipinski definition) is 4. The highest BCUT2D eigenvalue weighted by Crippen LogP contribution is 2.12. The van der Waals surface area contributed by atoms with E-state index in [1.807, 2.05) is 48.5 Å². The molecule has 0 aromatic heterocycles. The summed E-state index contributed by atoms with van der Waals surface area (Å²) < 4.78 is 22.7. The van der Waals surface area contributed by atoms with Crippen LogP contribution in [-0.4, -0.2) is 26.4 Å². The first-order valence-electron chi connectivity index (χ1n) is 10.3. The van der Waals surface area contributed by atoms with Crippen molar-refractivity contribution in [3.8, 4) is 11.5 Å². The van der Waals surface area contributed by atoms with Crippen molar-refractivity contribution in [1.29, 1.82) is 0 Å². The second-order valence-corrected chi connectivity index (χ2v) is 7.24. The summed E-state index contributed by atoms with van der Waals surface area (Å²) in [5.74, 6) is 1.75. The molecule has 0 spiro atoms. The Labute approximate surface area is 179 Å². The van der Waals surface area contributed by atoms with Crippen molar-refractivity contribution in [1.82, 2.24) is 0 Å². The molecule has 0 fully saturated rings. The fraction of sp³-hybridized carbons (Fsp3) is 0.308. The largest absolute Gasteiger partial charge is 0.491 e. The molecule has 3 aromatic carbocycles. The summed E-state index contributed by atoms with van der Waals surface area (Å²) in [5.41, 5.74) is 4.72. The van der Waals surface area contributed by atoms with Gasteiger partial charge >= 0.3 is 0 Å². The maximum atomic E-state index is 5.69. The number of aryl methyl sites for hydroxylation is 2. The summed E-state index contributed by atoms with van der Waals surface area (Å²) in [6.45, 7) is 7.46. The van der Waals surface area contributed by atoms with Crippen molar-refractivity contribution in [2.75, 3.05) is 26.4 Å². The average Bonchev–Trinajstić information content (AvgIpc) is 2.77. The van der Waals surface area contributed by atoms with Gasteiger partial charge in [-0.15, -0.1) is 0 Å². The highest BCUT2D eigenvalue weighted by Gasteiger charge is 1.99. The van der Waals surface area contributed by atoms with Gasteiger partial charge < -0.3 is 18.9 Å². The molecule has 4 nitrogen and oxygen atoms in total. The van der Waals surface area contributed by atoms with Crippen LogP contribution in [0, 0.1) is 13.8 Å². The molecule has 0 amide bonds. The zero-order valence-electron chi connectivity index (χ0n) is 17.8. The molecule has 0 radical (unpaired) electrons. The van der Waals surface area contributed by atoms with E-state index in [1.165, 1.54) is 11.1 Å². The van der Waals surface area contributed by atoms with E-state index in [2.05, 4.69) is 38.1 Å². The van der Waals surface area contributed by atoms with Crippen LogP contribution < -0.4 is 9.47 Å². The summed E-state index contributed by atoms with van der Waals surface area (Å²) in [6, 6.07) is 24.4. The van der Waals surface area contributed by atoms with Gasteiger partial charge in [0.25, 0.3) is 0 Å². The summed E-state index contributed by atoms with van der Waals surface area (Å²) in [4.78, 5) is 0. The normalized spacial score (nSPS) is 10.7. The number of rotatable bonds is 12. The monoisotopic (exact) mass is 406 g/mol. The number of benzene rings is 3. The fourth-order valence-electron chi connectivity index (χ4n) is 2.82. The second kappa shape index (κ2) is 12.0. The molecule has 4 heteroatoms.